The molecule has 26 heavy (non-hydrogen) atoms. The van der Waals surface area contributed by atoms with Crippen LogP contribution in [0.3, 0.4) is 0 Å². The van der Waals surface area contributed by atoms with Gasteiger partial charge in [0.05, 0.1) is 6.54 Å². The van der Waals surface area contributed by atoms with Crippen molar-refractivity contribution in [1.29, 1.82) is 0 Å². The molecular formula is C17H29N4O5+. The molecule has 0 spiro atoms. The molecular weight excluding hydrogens is 340 g/mol. The number of carbonyl (C=O) groups excluding carboxylic acids is 3. The Morgan fingerprint density at radius 1 is 1.15 bits per heavy atom. The largest absolute Gasteiger partial charge is 0.444 e. The molecule has 0 aliphatic carbocycles. The third-order valence-electron chi connectivity index (χ3n) is 5.17. The SMILES string of the molecule is CC(C)(C)OC(=O)N1CCC(NC(=O)[C@@H]2CCC3CN2C(=O)N3[OH2+])CC1. The van der Waals surface area contributed by atoms with E-state index in [0.29, 0.717) is 45.3 Å². The van der Waals surface area contributed by atoms with Gasteiger partial charge in [0.2, 0.25) is 5.91 Å². The summed E-state index contributed by atoms with van der Waals surface area (Å²) in [7, 11) is 0. The zero-order valence-electron chi connectivity index (χ0n) is 15.7. The highest BCUT2D eigenvalue weighted by molar-refractivity contribution is 5.88. The molecule has 0 saturated carbocycles. The zero-order chi connectivity index (χ0) is 19.1. The average Bonchev–Trinajstić information content (AvgIpc) is 2.78. The average molecular weight is 369 g/mol. The van der Waals surface area contributed by atoms with Crippen molar-refractivity contribution in [1.82, 2.24) is 20.2 Å². The molecule has 2 bridgehead atoms. The number of rotatable bonds is 2. The van der Waals surface area contributed by atoms with Crippen molar-refractivity contribution in [3.05, 3.63) is 0 Å². The third-order valence-corrected chi connectivity index (χ3v) is 5.17. The molecule has 3 fully saturated rings. The van der Waals surface area contributed by atoms with Gasteiger partial charge < -0.3 is 25.1 Å². The third kappa shape index (κ3) is 3.87. The van der Waals surface area contributed by atoms with E-state index < -0.39 is 11.6 Å². The number of hydrogen-bond donors (Lipinski definition) is 1. The van der Waals surface area contributed by atoms with Crippen LogP contribution in [0.5, 0.6) is 0 Å². The van der Waals surface area contributed by atoms with Gasteiger partial charge in [0.25, 0.3) is 0 Å². The molecule has 146 valence electrons. The first-order valence-electron chi connectivity index (χ1n) is 9.25. The van der Waals surface area contributed by atoms with Gasteiger partial charge in [-0.1, -0.05) is 5.06 Å². The van der Waals surface area contributed by atoms with Crippen molar-refractivity contribution in [2.75, 3.05) is 19.6 Å². The second-order valence-corrected chi connectivity index (χ2v) is 8.30. The maximum atomic E-state index is 12.6. The smallest absolute Gasteiger partial charge is 0.410 e. The van der Waals surface area contributed by atoms with Gasteiger partial charge >= 0.3 is 12.1 Å². The van der Waals surface area contributed by atoms with Gasteiger partial charge in [-0.25, -0.2) is 9.59 Å². The lowest BCUT2D eigenvalue weighted by Crippen LogP contribution is -2.54. The molecule has 0 aromatic rings. The summed E-state index contributed by atoms with van der Waals surface area (Å²) in [6.45, 7) is 7.04. The van der Waals surface area contributed by atoms with E-state index >= 15 is 0 Å². The minimum Gasteiger partial charge on any atom is -0.444 e. The Bertz CT molecular complexity index is 582. The Labute approximate surface area is 153 Å². The fraction of sp³-hybridized carbons (Fsp3) is 0.824. The summed E-state index contributed by atoms with van der Waals surface area (Å²) in [4.78, 5) is 39.9. The second-order valence-electron chi connectivity index (χ2n) is 8.30. The van der Waals surface area contributed by atoms with Crippen LogP contribution in [0.1, 0.15) is 46.5 Å². The lowest BCUT2D eigenvalue weighted by molar-refractivity contribution is -0.127. The molecule has 3 aliphatic heterocycles. The van der Waals surface area contributed by atoms with Crippen LogP contribution < -0.4 is 5.32 Å². The second kappa shape index (κ2) is 6.94. The summed E-state index contributed by atoms with van der Waals surface area (Å²) < 4.78 is 5.38. The number of urea groups is 1. The van der Waals surface area contributed by atoms with E-state index in [2.05, 4.69) is 5.32 Å². The number of nitrogens with zero attached hydrogens (tertiary/aromatic N) is 3. The summed E-state index contributed by atoms with van der Waals surface area (Å²) in [6, 6.07) is -0.974. The van der Waals surface area contributed by atoms with Crippen molar-refractivity contribution in [3.8, 4) is 0 Å². The van der Waals surface area contributed by atoms with Gasteiger partial charge in [-0.05, 0) is 46.5 Å². The van der Waals surface area contributed by atoms with E-state index in [9.17, 15) is 14.4 Å². The van der Waals surface area contributed by atoms with Crippen molar-refractivity contribution in [3.63, 3.8) is 0 Å². The summed E-state index contributed by atoms with van der Waals surface area (Å²) in [6.07, 6.45) is 2.28. The topological polar surface area (TPSA) is 105 Å². The number of ether oxygens (including phenoxy) is 1. The van der Waals surface area contributed by atoms with Crippen LogP contribution in [0.15, 0.2) is 0 Å². The number of carbonyl (C=O) groups is 3. The molecule has 3 heterocycles. The van der Waals surface area contributed by atoms with Gasteiger partial charge in [-0.15, -0.1) is 0 Å². The van der Waals surface area contributed by atoms with E-state index in [-0.39, 0.29) is 30.1 Å². The van der Waals surface area contributed by atoms with E-state index in [1.165, 1.54) is 4.90 Å². The molecule has 3 rings (SSSR count). The molecule has 3 saturated heterocycles. The van der Waals surface area contributed by atoms with E-state index in [0.717, 1.165) is 5.06 Å². The number of nitrogens with one attached hydrogen (secondary N) is 1. The molecule has 1 unspecified atom stereocenters. The number of piperidine rings is 2. The van der Waals surface area contributed by atoms with Gasteiger partial charge in [0.15, 0.2) is 0 Å². The van der Waals surface area contributed by atoms with E-state index in [4.69, 9.17) is 9.94 Å². The van der Waals surface area contributed by atoms with Crippen LogP contribution in [-0.2, 0) is 9.53 Å². The first-order valence-corrected chi connectivity index (χ1v) is 9.25. The number of hydrogen-bond acceptors (Lipinski definition) is 4. The quantitative estimate of drug-likeness (QED) is 0.712. The summed E-state index contributed by atoms with van der Waals surface area (Å²) in [5.74, 6) is -0.150. The molecule has 0 aromatic heterocycles. The predicted octanol–water partition coefficient (Wildman–Crippen LogP) is 0.410. The van der Waals surface area contributed by atoms with Crippen LogP contribution >= 0.6 is 0 Å². The van der Waals surface area contributed by atoms with E-state index in [1.54, 1.807) is 4.90 Å². The normalized spacial score (nSPS) is 26.9. The van der Waals surface area contributed by atoms with Crippen molar-refractivity contribution < 1.29 is 24.3 Å². The van der Waals surface area contributed by atoms with Crippen molar-refractivity contribution in [2.45, 2.75) is 70.2 Å². The molecule has 2 atom stereocenters. The van der Waals surface area contributed by atoms with Gasteiger partial charge in [-0.2, -0.15) is 0 Å². The highest BCUT2D eigenvalue weighted by Crippen LogP contribution is 2.28. The van der Waals surface area contributed by atoms with Gasteiger partial charge in [0.1, 0.15) is 17.7 Å². The fourth-order valence-corrected chi connectivity index (χ4v) is 3.77. The van der Waals surface area contributed by atoms with Crippen molar-refractivity contribution in [2.24, 2.45) is 0 Å². The summed E-state index contributed by atoms with van der Waals surface area (Å²) in [5, 5.41) is 11.8. The highest BCUT2D eigenvalue weighted by Gasteiger charge is 2.49. The number of fused-ring (bicyclic) bond motifs is 2. The monoisotopic (exact) mass is 369 g/mol. The minimum absolute atomic E-state index is 0.0104. The molecule has 0 aromatic carbocycles. The first kappa shape index (κ1) is 18.8. The number of likely N-dealkylation sites (tertiary alicyclic amines) is 1. The lowest BCUT2D eigenvalue weighted by Gasteiger charge is -2.35. The van der Waals surface area contributed by atoms with Crippen LogP contribution in [0, 0.1) is 0 Å². The maximum Gasteiger partial charge on any atom is 0.410 e. The molecule has 9 nitrogen and oxygen atoms in total. The molecule has 9 heteroatoms. The number of hydroxylamine groups is 2. The Kier molecular flexibility index (Phi) is 5.01. The number of amides is 4. The predicted molar refractivity (Wildman–Crippen MR) is 93.3 cm³/mol. The summed E-state index contributed by atoms with van der Waals surface area (Å²) >= 11 is 0. The van der Waals surface area contributed by atoms with Gasteiger partial charge in [0, 0.05) is 19.1 Å². The van der Waals surface area contributed by atoms with Crippen LogP contribution in [-0.4, -0.2) is 81.5 Å². The lowest BCUT2D eigenvalue weighted by atomic mass is 9.99. The molecule has 4 amide bonds. The standard InChI is InChI=1S/C17H28N4O5/c1-17(2,3)26-16(24)19-8-6-11(7-9-19)18-14(22)13-5-4-12-10-20(13)15(23)21(12)25/h11-13,25H,4-10H2,1-3H3,(H,18,22)/p+1/t12?,13-/m0/s1. The van der Waals surface area contributed by atoms with Crippen molar-refractivity contribution >= 4 is 18.0 Å². The van der Waals surface area contributed by atoms with Crippen LogP contribution in [0.25, 0.3) is 0 Å². The minimum atomic E-state index is -0.519. The first-order chi connectivity index (χ1) is 12.2. The Hall–Kier alpha value is -2.03. The van der Waals surface area contributed by atoms with Crippen LogP contribution in [0.2, 0.25) is 0 Å². The molecule has 3 N–H and O–H groups in total. The van der Waals surface area contributed by atoms with Gasteiger partial charge in [-0.3, -0.25) is 4.79 Å². The Morgan fingerprint density at radius 3 is 2.42 bits per heavy atom. The molecule has 3 aliphatic rings. The zero-order valence-corrected chi connectivity index (χ0v) is 15.7. The van der Waals surface area contributed by atoms with Crippen LogP contribution in [0.4, 0.5) is 9.59 Å². The Balaban J connectivity index is 1.48. The summed E-state index contributed by atoms with van der Waals surface area (Å²) in [5.41, 5.74) is -0.519. The fourth-order valence-electron chi connectivity index (χ4n) is 3.77. The molecule has 0 radical (unpaired) electrons. The maximum absolute atomic E-state index is 12.6. The Morgan fingerprint density at radius 2 is 1.81 bits per heavy atom. The highest BCUT2D eigenvalue weighted by atomic mass is 16.6. The van der Waals surface area contributed by atoms with E-state index in [1.807, 2.05) is 20.8 Å².